The Balaban J connectivity index is 1.80. The predicted octanol–water partition coefficient (Wildman–Crippen LogP) is 9.49. The Kier molecular flexibility index (Phi) is 12.6. The van der Waals surface area contributed by atoms with Gasteiger partial charge in [-0.05, 0) is 131 Å². The van der Waals surface area contributed by atoms with E-state index in [0.29, 0.717) is 30.5 Å². The Hall–Kier alpha value is -1.46. The first-order valence-electron chi connectivity index (χ1n) is 17.1. The van der Waals surface area contributed by atoms with Gasteiger partial charge in [0.25, 0.3) is 8.68 Å². The van der Waals surface area contributed by atoms with Gasteiger partial charge in [0.2, 0.25) is 5.79 Å². The minimum Gasteiger partial charge on any atom is -0.409 e. The summed E-state index contributed by atoms with van der Waals surface area (Å²) < 4.78 is 54.0. The standard InChI is InChI=1S/C36H55FO6SSi4/c1-12-45(39)22-21-31-33(41-46(3,4)5)34(42-47(6,7)8)35(43-48(9,10)11)36(38,40-31)28-16-13-25(2)27(23-28)24-30-19-20-32(44-30)26-14-17-29(37)18-15-26/h13-20,23,31,33-35,38H,12,21-22,24H2,1-11H3/t31-,33-,34+,35-,36?/m1/s1. The molecule has 0 radical (unpaired) electrons. The molecule has 0 amide bonds. The van der Waals surface area contributed by atoms with Crippen LogP contribution in [0.5, 0.6) is 0 Å². The van der Waals surface area contributed by atoms with E-state index in [2.05, 4.69) is 78.0 Å². The molecule has 1 unspecified atom stereocenters. The van der Waals surface area contributed by atoms with Crippen molar-refractivity contribution in [1.29, 1.82) is 0 Å². The predicted molar refractivity (Wildman–Crippen MR) is 203 cm³/mol. The average molecular weight is 747 g/mol. The lowest BCUT2D eigenvalue weighted by Gasteiger charge is -2.54. The van der Waals surface area contributed by atoms with E-state index in [1.165, 1.54) is 12.1 Å². The molecular formula is C36H55FO6SSi4. The summed E-state index contributed by atoms with van der Waals surface area (Å²) in [5.74, 6) is -2.08. The molecule has 264 valence electrons. The lowest BCUT2D eigenvalue weighted by atomic mass is 9.86. The van der Waals surface area contributed by atoms with Crippen LogP contribution in [-0.4, -0.2) is 63.2 Å². The zero-order chi connectivity index (χ0) is 35.7. The van der Waals surface area contributed by atoms with Gasteiger partial charge in [0.05, 0.1) is 12.2 Å². The van der Waals surface area contributed by atoms with Crippen LogP contribution in [0.1, 0.15) is 34.9 Å². The summed E-state index contributed by atoms with van der Waals surface area (Å²) in [6.07, 6.45) is -1.27. The van der Waals surface area contributed by atoms with Crippen molar-refractivity contribution in [3.8, 4) is 10.4 Å². The highest BCUT2D eigenvalue weighted by Gasteiger charge is 2.59. The van der Waals surface area contributed by atoms with E-state index in [1.807, 2.05) is 25.1 Å². The monoisotopic (exact) mass is 746 g/mol. The van der Waals surface area contributed by atoms with Crippen molar-refractivity contribution in [1.82, 2.24) is 0 Å². The molecule has 12 heteroatoms. The highest BCUT2D eigenvalue weighted by atomic mass is 32.1. The van der Waals surface area contributed by atoms with Crippen LogP contribution in [0.2, 0.25) is 71.0 Å². The summed E-state index contributed by atoms with van der Waals surface area (Å²) in [4.78, 5) is 2.23. The van der Waals surface area contributed by atoms with Gasteiger partial charge in [-0.25, -0.2) is 4.39 Å². The number of aliphatic hydroxyl groups is 1. The smallest absolute Gasteiger partial charge is 0.276 e. The molecule has 1 fully saturated rings. The van der Waals surface area contributed by atoms with Crippen LogP contribution < -0.4 is 0 Å². The third kappa shape index (κ3) is 10.5. The van der Waals surface area contributed by atoms with Crippen molar-refractivity contribution in [2.45, 2.75) is 128 Å². The maximum Gasteiger partial charge on any atom is 0.276 e. The number of rotatable bonds is 14. The summed E-state index contributed by atoms with van der Waals surface area (Å²) in [6.45, 7) is 23.3. The number of hydrogen-bond donors (Lipinski definition) is 1. The van der Waals surface area contributed by atoms with Crippen LogP contribution in [-0.2, 0) is 34.7 Å². The van der Waals surface area contributed by atoms with Gasteiger partial charge < -0.3 is 27.6 Å². The molecule has 0 aliphatic carbocycles. The largest absolute Gasteiger partial charge is 0.409 e. The normalized spacial score (nSPS) is 23.8. The molecule has 3 aromatic rings. The average Bonchev–Trinajstić information content (AvgIpc) is 3.43. The molecule has 1 N–H and O–H groups in total. The number of aryl methyl sites for hydroxylation is 1. The van der Waals surface area contributed by atoms with E-state index in [9.17, 15) is 14.0 Å². The molecule has 1 aliphatic rings. The van der Waals surface area contributed by atoms with Gasteiger partial charge >= 0.3 is 0 Å². The van der Waals surface area contributed by atoms with Gasteiger partial charge in [-0.3, -0.25) is 0 Å². The van der Waals surface area contributed by atoms with Gasteiger partial charge in [-0.1, -0.05) is 31.2 Å². The fourth-order valence-electron chi connectivity index (χ4n) is 6.04. The zero-order valence-corrected chi connectivity index (χ0v) is 35.4. The summed E-state index contributed by atoms with van der Waals surface area (Å²) >= 11 is 1.68. The van der Waals surface area contributed by atoms with Crippen molar-refractivity contribution >= 4 is 45.0 Å². The summed E-state index contributed by atoms with van der Waals surface area (Å²) in [5.41, 5.74) is 3.77. The summed E-state index contributed by atoms with van der Waals surface area (Å²) in [5, 5.41) is 13.0. The van der Waals surface area contributed by atoms with Crippen molar-refractivity contribution in [3.05, 3.63) is 82.0 Å². The van der Waals surface area contributed by atoms with Crippen LogP contribution in [0.4, 0.5) is 4.39 Å². The van der Waals surface area contributed by atoms with Crippen molar-refractivity contribution in [2.24, 2.45) is 0 Å². The SMILES string of the molecule is CC[Si](=O)CC[C@H]1OC(O)(c2ccc(C)c(Cc3ccc(-c4ccc(F)cc4)s3)c2)[C@H](O[Si](C)(C)C)[C@@H](O[Si](C)(C)C)[C@@H]1O[Si](C)(C)C. The Bertz CT molecular complexity index is 1550. The molecule has 1 aliphatic heterocycles. The van der Waals surface area contributed by atoms with Gasteiger partial charge in [-0.2, -0.15) is 0 Å². The van der Waals surface area contributed by atoms with Crippen LogP contribution in [0, 0.1) is 12.7 Å². The Morgan fingerprint density at radius 1 is 0.875 bits per heavy atom. The minimum absolute atomic E-state index is 0.250. The van der Waals surface area contributed by atoms with Crippen LogP contribution >= 0.6 is 11.3 Å². The lowest BCUT2D eigenvalue weighted by molar-refractivity contribution is -0.346. The summed E-state index contributed by atoms with van der Waals surface area (Å²) in [7, 11) is -8.37. The molecule has 0 spiro atoms. The van der Waals surface area contributed by atoms with E-state index in [1.54, 1.807) is 23.5 Å². The quantitative estimate of drug-likeness (QED) is 0.166. The zero-order valence-electron chi connectivity index (χ0n) is 30.6. The Morgan fingerprint density at radius 2 is 1.48 bits per heavy atom. The highest BCUT2D eigenvalue weighted by molar-refractivity contribution is 7.15. The highest BCUT2D eigenvalue weighted by Crippen LogP contribution is 2.45. The molecule has 1 aromatic heterocycles. The first-order valence-corrected chi connectivity index (χ1v) is 29.9. The molecule has 2 heterocycles. The molecular weight excluding hydrogens is 692 g/mol. The molecule has 0 bridgehead atoms. The molecule has 6 nitrogen and oxygen atoms in total. The molecule has 2 aromatic carbocycles. The molecule has 5 atom stereocenters. The van der Waals surface area contributed by atoms with E-state index < -0.39 is 63.8 Å². The van der Waals surface area contributed by atoms with Gasteiger partial charge in [0.15, 0.2) is 25.0 Å². The second kappa shape index (κ2) is 15.4. The number of ether oxygens (including phenoxy) is 1. The third-order valence-corrected chi connectivity index (χ3v) is 13.9. The molecule has 1 saturated heterocycles. The van der Waals surface area contributed by atoms with Crippen molar-refractivity contribution < 1.29 is 32.0 Å². The van der Waals surface area contributed by atoms with E-state index in [-0.39, 0.29) is 5.82 Å². The first-order chi connectivity index (χ1) is 22.2. The molecule has 4 rings (SSSR count). The van der Waals surface area contributed by atoms with Gasteiger partial charge in [0, 0.05) is 21.7 Å². The number of thiophene rings is 1. The van der Waals surface area contributed by atoms with E-state index in [4.69, 9.17) is 18.0 Å². The second-order valence-corrected chi connectivity index (χ2v) is 32.7. The van der Waals surface area contributed by atoms with Gasteiger partial charge in [-0.15, -0.1) is 11.3 Å². The Morgan fingerprint density at radius 3 is 2.06 bits per heavy atom. The van der Waals surface area contributed by atoms with Crippen molar-refractivity contribution in [2.75, 3.05) is 0 Å². The fourth-order valence-corrected chi connectivity index (χ4v) is 11.3. The lowest BCUT2D eigenvalue weighted by Crippen LogP contribution is -2.68. The number of halogens is 1. The van der Waals surface area contributed by atoms with E-state index >= 15 is 0 Å². The third-order valence-electron chi connectivity index (χ3n) is 8.18. The number of hydrogen-bond acceptors (Lipinski definition) is 7. The fraction of sp³-hybridized carbons (Fsp3) is 0.556. The first kappa shape index (κ1) is 39.3. The van der Waals surface area contributed by atoms with Crippen LogP contribution in [0.15, 0.2) is 54.6 Å². The van der Waals surface area contributed by atoms with Gasteiger partial charge in [0.1, 0.15) is 18.0 Å². The Labute approximate surface area is 296 Å². The second-order valence-electron chi connectivity index (χ2n) is 15.9. The van der Waals surface area contributed by atoms with Crippen LogP contribution in [0.3, 0.4) is 0 Å². The molecule has 48 heavy (non-hydrogen) atoms. The molecule has 0 saturated carbocycles. The maximum atomic E-state index is 13.5. The number of benzene rings is 2. The maximum absolute atomic E-state index is 13.5. The topological polar surface area (TPSA) is 74.2 Å². The van der Waals surface area contributed by atoms with Crippen LogP contribution in [0.25, 0.3) is 10.4 Å². The summed E-state index contributed by atoms with van der Waals surface area (Å²) in [6, 6.07) is 17.9. The minimum atomic E-state index is -2.27. The van der Waals surface area contributed by atoms with Crippen molar-refractivity contribution in [3.63, 3.8) is 0 Å². The van der Waals surface area contributed by atoms with E-state index in [0.717, 1.165) is 26.4 Å².